The first-order chi connectivity index (χ1) is 14.6. The van der Waals surface area contributed by atoms with Crippen molar-refractivity contribution < 1.29 is 14.3 Å². The van der Waals surface area contributed by atoms with Crippen LogP contribution in [0.4, 0.5) is 0 Å². The van der Waals surface area contributed by atoms with Crippen LogP contribution in [-0.4, -0.2) is 23.4 Å². The van der Waals surface area contributed by atoms with Crippen molar-refractivity contribution >= 4 is 45.0 Å². The van der Waals surface area contributed by atoms with Crippen LogP contribution in [0, 0.1) is 0 Å². The molecule has 2 heterocycles. The van der Waals surface area contributed by atoms with Crippen LogP contribution in [0.2, 0.25) is 4.34 Å². The second kappa shape index (κ2) is 9.15. The van der Waals surface area contributed by atoms with Crippen molar-refractivity contribution in [3.8, 4) is 0 Å². The van der Waals surface area contributed by atoms with Crippen LogP contribution in [0.25, 0.3) is 10.2 Å². The highest BCUT2D eigenvalue weighted by Gasteiger charge is 2.24. The van der Waals surface area contributed by atoms with E-state index in [0.29, 0.717) is 10.0 Å². The van der Waals surface area contributed by atoms with Gasteiger partial charge in [0.05, 0.1) is 20.5 Å². The van der Waals surface area contributed by atoms with E-state index in [2.05, 4.69) is 10.3 Å². The number of H-pyrrole nitrogens is 1. The number of aromatic amines is 1. The third-order valence-corrected chi connectivity index (χ3v) is 5.91. The van der Waals surface area contributed by atoms with Gasteiger partial charge in [0.25, 0.3) is 5.91 Å². The smallest absolute Gasteiger partial charge is 0.315 e. The highest BCUT2D eigenvalue weighted by atomic mass is 35.5. The molecule has 0 fully saturated rings. The van der Waals surface area contributed by atoms with E-state index in [1.807, 2.05) is 60.7 Å². The Kier molecular flexibility index (Phi) is 6.16. The molecule has 7 heteroatoms. The number of carbonyl (C=O) groups excluding carboxylic acids is 2. The highest BCUT2D eigenvalue weighted by Crippen LogP contribution is 2.29. The van der Waals surface area contributed by atoms with Crippen LogP contribution < -0.4 is 5.32 Å². The summed E-state index contributed by atoms with van der Waals surface area (Å²) < 4.78 is 7.09. The Morgan fingerprint density at radius 3 is 2.43 bits per heavy atom. The van der Waals surface area contributed by atoms with E-state index >= 15 is 0 Å². The molecule has 0 radical (unpaired) electrons. The van der Waals surface area contributed by atoms with E-state index < -0.39 is 5.92 Å². The van der Waals surface area contributed by atoms with Crippen molar-refractivity contribution in [1.29, 1.82) is 0 Å². The number of esters is 1. The lowest BCUT2D eigenvalue weighted by Crippen LogP contribution is -2.32. The molecule has 152 valence electrons. The molecule has 0 bridgehead atoms. The van der Waals surface area contributed by atoms with E-state index in [-0.39, 0.29) is 25.0 Å². The van der Waals surface area contributed by atoms with Crippen molar-refractivity contribution in [3.05, 3.63) is 94.0 Å². The normalized spacial score (nSPS) is 11.9. The molecule has 0 aliphatic rings. The molecule has 4 rings (SSSR count). The van der Waals surface area contributed by atoms with Crippen LogP contribution in [0.15, 0.2) is 72.8 Å². The molecule has 5 nitrogen and oxygen atoms in total. The SMILES string of the molecule is O=C(NCC(C(=O)OCc1ccccc1)c1ccccc1)c1cc2sc(Cl)cc2[nH]1. The third kappa shape index (κ3) is 4.72. The molecule has 0 aliphatic carbocycles. The largest absolute Gasteiger partial charge is 0.460 e. The van der Waals surface area contributed by atoms with E-state index in [0.717, 1.165) is 21.3 Å². The minimum Gasteiger partial charge on any atom is -0.460 e. The molecule has 1 atom stereocenters. The molecule has 0 saturated carbocycles. The van der Waals surface area contributed by atoms with Gasteiger partial charge in [0.15, 0.2) is 0 Å². The van der Waals surface area contributed by atoms with Crippen molar-refractivity contribution in [2.45, 2.75) is 12.5 Å². The zero-order valence-corrected chi connectivity index (χ0v) is 17.5. The number of hydrogen-bond acceptors (Lipinski definition) is 4. The quantitative estimate of drug-likeness (QED) is 0.392. The van der Waals surface area contributed by atoms with Crippen molar-refractivity contribution in [3.63, 3.8) is 0 Å². The number of fused-ring (bicyclic) bond motifs is 1. The number of nitrogens with one attached hydrogen (secondary N) is 2. The van der Waals surface area contributed by atoms with Gasteiger partial charge in [-0.25, -0.2) is 0 Å². The number of amides is 1. The van der Waals surface area contributed by atoms with Crippen molar-refractivity contribution in [1.82, 2.24) is 10.3 Å². The van der Waals surface area contributed by atoms with Gasteiger partial charge in [0.2, 0.25) is 0 Å². The van der Waals surface area contributed by atoms with Crippen LogP contribution in [0.3, 0.4) is 0 Å². The molecule has 0 aliphatic heterocycles. The number of aromatic nitrogens is 1. The van der Waals surface area contributed by atoms with E-state index in [1.54, 1.807) is 12.1 Å². The van der Waals surface area contributed by atoms with Gasteiger partial charge in [-0.15, -0.1) is 11.3 Å². The molecule has 0 saturated heterocycles. The number of rotatable bonds is 7. The maximum absolute atomic E-state index is 12.8. The predicted molar refractivity (Wildman–Crippen MR) is 119 cm³/mol. The Morgan fingerprint density at radius 2 is 1.73 bits per heavy atom. The van der Waals surface area contributed by atoms with Gasteiger partial charge in [0, 0.05) is 6.54 Å². The number of ether oxygens (including phenoxy) is 1. The Hall–Kier alpha value is -3.09. The molecule has 1 unspecified atom stereocenters. The summed E-state index contributed by atoms with van der Waals surface area (Å²) in [6, 6.07) is 22.3. The standard InChI is InChI=1S/C23H19ClN2O3S/c24-21-12-18-20(30-21)11-19(26-18)22(27)25-13-17(16-9-5-2-6-10-16)23(28)29-14-15-7-3-1-4-8-15/h1-12,17,26H,13-14H2,(H,25,27). The summed E-state index contributed by atoms with van der Waals surface area (Å²) >= 11 is 7.38. The Bertz CT molecular complexity index is 1120. The van der Waals surface area contributed by atoms with Crippen LogP contribution in [0.5, 0.6) is 0 Å². The average Bonchev–Trinajstić information content (AvgIpc) is 3.31. The molecule has 2 aromatic heterocycles. The summed E-state index contributed by atoms with van der Waals surface area (Å²) in [6.45, 7) is 0.314. The summed E-state index contributed by atoms with van der Waals surface area (Å²) in [5.41, 5.74) is 2.94. The number of hydrogen-bond donors (Lipinski definition) is 2. The summed E-state index contributed by atoms with van der Waals surface area (Å²) in [5.74, 6) is -1.28. The second-order valence-electron chi connectivity index (χ2n) is 6.78. The molecular weight excluding hydrogens is 420 g/mol. The summed E-state index contributed by atoms with van der Waals surface area (Å²) in [6.07, 6.45) is 0. The highest BCUT2D eigenvalue weighted by molar-refractivity contribution is 7.22. The fourth-order valence-electron chi connectivity index (χ4n) is 3.16. The van der Waals surface area contributed by atoms with E-state index in [4.69, 9.17) is 16.3 Å². The molecule has 2 aromatic carbocycles. The molecule has 0 spiro atoms. The number of halogens is 1. The van der Waals surface area contributed by atoms with Crippen molar-refractivity contribution in [2.75, 3.05) is 6.54 Å². The molecule has 4 aromatic rings. The van der Waals surface area contributed by atoms with Crippen molar-refractivity contribution in [2.24, 2.45) is 0 Å². The predicted octanol–water partition coefficient (Wildman–Crippen LogP) is 5.14. The van der Waals surface area contributed by atoms with E-state index in [9.17, 15) is 9.59 Å². The first-order valence-electron chi connectivity index (χ1n) is 9.42. The maximum Gasteiger partial charge on any atom is 0.315 e. The number of benzene rings is 2. The zero-order chi connectivity index (χ0) is 20.9. The molecular formula is C23H19ClN2O3S. The second-order valence-corrected chi connectivity index (χ2v) is 8.49. The maximum atomic E-state index is 12.8. The fraction of sp³-hybridized carbons (Fsp3) is 0.130. The minimum atomic E-state index is -0.607. The first kappa shape index (κ1) is 20.2. The minimum absolute atomic E-state index is 0.129. The van der Waals surface area contributed by atoms with Crippen LogP contribution in [-0.2, 0) is 16.1 Å². The lowest BCUT2D eigenvalue weighted by atomic mass is 9.99. The number of carbonyl (C=O) groups is 2. The summed E-state index contributed by atoms with van der Waals surface area (Å²) in [5, 5.41) is 2.84. The topological polar surface area (TPSA) is 71.2 Å². The van der Waals surface area contributed by atoms with Crippen LogP contribution >= 0.6 is 22.9 Å². The van der Waals surface area contributed by atoms with Crippen LogP contribution in [0.1, 0.15) is 27.5 Å². The first-order valence-corrected chi connectivity index (χ1v) is 10.6. The molecule has 2 N–H and O–H groups in total. The summed E-state index contributed by atoms with van der Waals surface area (Å²) in [4.78, 5) is 28.5. The van der Waals surface area contributed by atoms with Gasteiger partial charge in [0.1, 0.15) is 12.3 Å². The Labute approximate surface area is 182 Å². The fourth-order valence-corrected chi connectivity index (χ4v) is 4.30. The van der Waals surface area contributed by atoms with Gasteiger partial charge < -0.3 is 15.0 Å². The molecule has 1 amide bonds. The van der Waals surface area contributed by atoms with Gasteiger partial charge in [-0.2, -0.15) is 0 Å². The Balaban J connectivity index is 1.44. The molecule has 30 heavy (non-hydrogen) atoms. The lowest BCUT2D eigenvalue weighted by molar-refractivity contribution is -0.146. The average molecular weight is 439 g/mol. The summed E-state index contributed by atoms with van der Waals surface area (Å²) in [7, 11) is 0. The van der Waals surface area contributed by atoms with Gasteiger partial charge >= 0.3 is 5.97 Å². The Morgan fingerprint density at radius 1 is 1.03 bits per heavy atom. The van der Waals surface area contributed by atoms with E-state index in [1.165, 1.54) is 11.3 Å². The van der Waals surface area contributed by atoms with Gasteiger partial charge in [-0.1, -0.05) is 72.3 Å². The lowest BCUT2D eigenvalue weighted by Gasteiger charge is -2.17. The zero-order valence-electron chi connectivity index (χ0n) is 15.9. The monoisotopic (exact) mass is 438 g/mol. The number of thiophene rings is 1. The third-order valence-electron chi connectivity index (χ3n) is 4.70. The van der Waals surface area contributed by atoms with Gasteiger partial charge in [-0.3, -0.25) is 9.59 Å². The van der Waals surface area contributed by atoms with Gasteiger partial charge in [-0.05, 0) is 23.3 Å².